The lowest BCUT2D eigenvalue weighted by Crippen LogP contribution is -0.382. The second-order valence-corrected chi connectivity index (χ2v) is 0. The average Bonchev–Trinajstić information content (AvgIpc) is 0. The van der Waals surface area contributed by atoms with Crippen LogP contribution >= 0.6 is 0 Å². The molecule has 0 amide bonds. The minimum absolute atomic E-state index is 0. The summed E-state index contributed by atoms with van der Waals surface area (Å²) in [5.41, 5.74) is 0. The summed E-state index contributed by atoms with van der Waals surface area (Å²) < 4.78 is 0. The Kier molecular flexibility index (Phi) is 505000. The monoisotopic (exact) mass is 54.1 g/mol. The molecular formula is C2H8B2. The van der Waals surface area contributed by atoms with Crippen molar-refractivity contribution in [1.82, 2.24) is 0 Å². The summed E-state index contributed by atoms with van der Waals surface area (Å²) in [4.78, 5) is 0. The smallest absolute Gasteiger partial charge is 0 e. The second-order valence-electron chi connectivity index (χ2n) is 0. The molecule has 0 saturated carbocycles. The minimum atomic E-state index is 0. The summed E-state index contributed by atoms with van der Waals surface area (Å²) in [5.74, 6) is 0. The van der Waals surface area contributed by atoms with Crippen molar-refractivity contribution in [3.8, 4) is 0 Å². The first-order valence-electron chi connectivity index (χ1n) is 0. The van der Waals surface area contributed by atoms with Gasteiger partial charge in [0.1, 0.15) is 0 Å². The molecule has 4 heavy (non-hydrogen) atoms. The molecule has 0 aromatic rings. The highest BCUT2D eigenvalue weighted by Gasteiger charge is 0.00105. The molecule has 0 spiro atoms. The molecule has 0 saturated heterocycles. The van der Waals surface area contributed by atoms with Crippen molar-refractivity contribution >= 4 is 16.8 Å². The highest BCUT2D eigenvalue weighted by atomic mass is 12.0. The molecule has 0 nitrogen and oxygen atoms in total. The maximum atomic E-state index is 0. The van der Waals surface area contributed by atoms with Gasteiger partial charge in [-0.25, -0.2) is 0 Å². The van der Waals surface area contributed by atoms with Crippen molar-refractivity contribution in [1.29, 1.82) is 0 Å². The first-order valence-corrected chi connectivity index (χ1v) is 0. The predicted molar refractivity (Wildman–Crippen MR) is 25.0 cm³/mol. The van der Waals surface area contributed by atoms with Gasteiger partial charge in [0.2, 0.25) is 0 Å². The van der Waals surface area contributed by atoms with Crippen molar-refractivity contribution in [2.45, 2.75) is 14.9 Å². The third-order valence-corrected chi connectivity index (χ3v) is 0. The maximum absolute atomic E-state index is 0. The quantitative estimate of drug-likeness (QED) is 0.353. The Balaban J connectivity index is 0. The van der Waals surface area contributed by atoms with E-state index in [0.717, 1.165) is 0 Å². The standard InChI is InChI=1S/2CH4.2B/h2*1H4;;. The van der Waals surface area contributed by atoms with Gasteiger partial charge in [0.15, 0.2) is 0 Å². The van der Waals surface area contributed by atoms with Crippen LogP contribution in [-0.2, 0) is 0 Å². The van der Waals surface area contributed by atoms with Crippen molar-refractivity contribution < 1.29 is 0 Å². The molecule has 0 aromatic heterocycles. The van der Waals surface area contributed by atoms with Crippen molar-refractivity contribution in [2.75, 3.05) is 0 Å². The summed E-state index contributed by atoms with van der Waals surface area (Å²) in [6.07, 6.45) is 0. The Morgan fingerprint density at radius 1 is 0.500 bits per heavy atom. The molecule has 0 aliphatic heterocycles. The molecule has 0 fully saturated rings. The van der Waals surface area contributed by atoms with Gasteiger partial charge >= 0.3 is 0 Å². The number of hydrogen-bond acceptors (Lipinski definition) is 0. The fourth-order valence-electron chi connectivity index (χ4n) is 0. The van der Waals surface area contributed by atoms with Gasteiger partial charge in [0, 0.05) is 16.8 Å². The van der Waals surface area contributed by atoms with Crippen LogP contribution in [0.3, 0.4) is 0 Å². The van der Waals surface area contributed by atoms with Crippen LogP contribution in [0.5, 0.6) is 0 Å². The number of hydrogen-bond donors (Lipinski definition) is 0. The Labute approximate surface area is 32.8 Å². The zero-order valence-electron chi connectivity index (χ0n) is 1.15. The Morgan fingerprint density at radius 3 is 0.500 bits per heavy atom. The molecule has 0 heterocycles. The summed E-state index contributed by atoms with van der Waals surface area (Å²) in [6.45, 7) is 0. The Morgan fingerprint density at radius 2 is 0.500 bits per heavy atom. The van der Waals surface area contributed by atoms with E-state index in [4.69, 9.17) is 0 Å². The molecule has 0 unspecified atom stereocenters. The third-order valence-electron chi connectivity index (χ3n) is 0. The van der Waals surface area contributed by atoms with Crippen LogP contribution in [-0.4, -0.2) is 16.8 Å². The first kappa shape index (κ1) is 2400. The van der Waals surface area contributed by atoms with E-state index in [-0.39, 0.29) is 31.7 Å². The van der Waals surface area contributed by atoms with E-state index < -0.39 is 0 Å². The molecule has 0 rings (SSSR count). The molecule has 0 aliphatic rings. The molecular weight excluding hydrogens is 45.6 g/mol. The highest BCUT2D eigenvalue weighted by Crippen LogP contribution is 0.145. The van der Waals surface area contributed by atoms with E-state index in [2.05, 4.69) is 0 Å². The zero-order valence-corrected chi connectivity index (χ0v) is 1.15. The lowest BCUT2D eigenvalue weighted by Gasteiger charge is -0.0786. The van der Waals surface area contributed by atoms with Gasteiger partial charge < -0.3 is 0 Å². The van der Waals surface area contributed by atoms with E-state index >= 15 is 0 Å². The third kappa shape index (κ3) is 161. The fourth-order valence-corrected chi connectivity index (χ4v) is 0. The molecule has 0 aromatic carbocycles. The van der Waals surface area contributed by atoms with E-state index in [9.17, 15) is 0 Å². The Hall–Kier alpha value is 0.130. The lowest BCUT2D eigenvalue weighted by atomic mass is 10.8. The lowest BCUT2D eigenvalue weighted by molar-refractivity contribution is 2.50. The molecule has 22 valence electrons. The van der Waals surface area contributed by atoms with E-state index in [0.29, 0.717) is 0 Å². The molecule has 0 atom stereocenters. The summed E-state index contributed by atoms with van der Waals surface area (Å²) in [6, 6.07) is 0. The SMILES string of the molecule is C.C.[B].[B]. The van der Waals surface area contributed by atoms with Gasteiger partial charge in [0.05, 0.1) is 0 Å². The maximum Gasteiger partial charge on any atom is 0 e. The second kappa shape index (κ2) is 842. The average molecular weight is 53.7 g/mol. The Bertz CT molecular complexity index is 4.00. The molecule has 0 aliphatic carbocycles. The molecule has 0 N–H and O–H groups in total. The highest BCUT2D eigenvalue weighted by molar-refractivity contribution is 5.76. The van der Waals surface area contributed by atoms with E-state index in [1.165, 1.54) is 0 Å². The summed E-state index contributed by atoms with van der Waals surface area (Å²) in [7, 11) is 0. The minimum Gasteiger partial charge on any atom is -0.0776 e. The van der Waals surface area contributed by atoms with Gasteiger partial charge in [-0.3, -0.25) is 0 Å². The predicted octanol–water partition coefficient (Wildman–Crippen LogP) is 0.511. The van der Waals surface area contributed by atoms with Gasteiger partial charge in [-0.05, 0) is 0 Å². The molecule has 2 heteroatoms. The van der Waals surface area contributed by atoms with Crippen molar-refractivity contribution in [3.63, 3.8) is 0 Å². The van der Waals surface area contributed by atoms with Crippen LogP contribution in [0.15, 0.2) is 0 Å². The largest absolute Gasteiger partial charge is 0.0776 e. The van der Waals surface area contributed by atoms with Gasteiger partial charge in [-0.2, -0.15) is 0 Å². The van der Waals surface area contributed by atoms with Crippen LogP contribution < -0.4 is 0 Å². The van der Waals surface area contributed by atoms with Crippen molar-refractivity contribution in [3.05, 3.63) is 0 Å². The van der Waals surface area contributed by atoms with Gasteiger partial charge in [-0.15, -0.1) is 0 Å². The van der Waals surface area contributed by atoms with E-state index in [1.54, 1.807) is 0 Å². The van der Waals surface area contributed by atoms with Gasteiger partial charge in [-0.1, -0.05) is 14.9 Å². The van der Waals surface area contributed by atoms with Crippen LogP contribution in [0.1, 0.15) is 14.9 Å². The first-order chi connectivity index (χ1) is 0. The van der Waals surface area contributed by atoms with Crippen LogP contribution in [0.2, 0.25) is 0 Å². The normalized spacial score (nSPS) is 0. The zero-order chi connectivity index (χ0) is 0. The van der Waals surface area contributed by atoms with Crippen LogP contribution in [0, 0.1) is 0 Å². The molecule has 0 bridgehead atoms. The summed E-state index contributed by atoms with van der Waals surface area (Å²) >= 11 is 0. The molecule has 6 radical (unpaired) electrons. The van der Waals surface area contributed by atoms with Crippen molar-refractivity contribution in [2.24, 2.45) is 0 Å². The summed E-state index contributed by atoms with van der Waals surface area (Å²) in [5, 5.41) is 0. The van der Waals surface area contributed by atoms with Crippen LogP contribution in [0.25, 0.3) is 0 Å². The van der Waals surface area contributed by atoms with Gasteiger partial charge in [0.25, 0.3) is 0 Å². The fraction of sp³-hybridized carbons (Fsp3) is 1.00. The van der Waals surface area contributed by atoms with Crippen LogP contribution in [0.4, 0.5) is 0 Å². The topological polar surface area (TPSA) is 0 Å². The number of rotatable bonds is 0. The van der Waals surface area contributed by atoms with E-state index in [1.807, 2.05) is 0 Å².